The number of amides is 1. The fourth-order valence-electron chi connectivity index (χ4n) is 3.87. The topological polar surface area (TPSA) is 56.9 Å². The molecule has 4 nitrogen and oxygen atoms in total. The van der Waals surface area contributed by atoms with Gasteiger partial charge in [-0.25, -0.2) is 0 Å². The van der Waals surface area contributed by atoms with E-state index < -0.39 is 0 Å². The van der Waals surface area contributed by atoms with Crippen LogP contribution >= 0.6 is 23.2 Å². The zero-order valence-electron chi connectivity index (χ0n) is 15.0. The lowest BCUT2D eigenvalue weighted by molar-refractivity contribution is 0.102. The van der Waals surface area contributed by atoms with Crippen LogP contribution in [0.3, 0.4) is 0 Å². The van der Waals surface area contributed by atoms with E-state index in [1.807, 2.05) is 18.2 Å². The van der Waals surface area contributed by atoms with Crippen LogP contribution in [0.2, 0.25) is 10.0 Å². The summed E-state index contributed by atoms with van der Waals surface area (Å²) in [4.78, 5) is 16.2. The largest absolute Gasteiger partial charge is 0.358 e. The zero-order chi connectivity index (χ0) is 19.0. The van der Waals surface area contributed by atoms with E-state index in [4.69, 9.17) is 23.2 Å². The van der Waals surface area contributed by atoms with Crippen LogP contribution < -0.4 is 10.6 Å². The number of aromatic nitrogens is 1. The summed E-state index contributed by atoms with van der Waals surface area (Å²) in [5, 5.41) is 8.32. The van der Waals surface area contributed by atoms with Crippen molar-refractivity contribution in [2.75, 3.05) is 11.9 Å². The van der Waals surface area contributed by atoms with Gasteiger partial charge in [-0.05, 0) is 61.7 Å². The van der Waals surface area contributed by atoms with Crippen molar-refractivity contribution in [3.05, 3.63) is 63.3 Å². The quantitative estimate of drug-likeness (QED) is 0.562. The van der Waals surface area contributed by atoms with E-state index in [-0.39, 0.29) is 5.91 Å². The van der Waals surface area contributed by atoms with Crippen molar-refractivity contribution in [3.63, 3.8) is 0 Å². The Morgan fingerprint density at radius 1 is 1.22 bits per heavy atom. The predicted octanol–water partition coefficient (Wildman–Crippen LogP) is 5.19. The minimum absolute atomic E-state index is 0.296. The molecule has 1 aliphatic rings. The smallest absolute Gasteiger partial charge is 0.258 e. The first-order chi connectivity index (χ1) is 13.1. The molecule has 0 aliphatic heterocycles. The third-order valence-electron chi connectivity index (χ3n) is 5.13. The Kier molecular flexibility index (Phi) is 5.13. The number of aromatic amines is 1. The van der Waals surface area contributed by atoms with Crippen LogP contribution in [0.15, 0.2) is 36.4 Å². The summed E-state index contributed by atoms with van der Waals surface area (Å²) in [5.74, 6) is -0.306. The number of hydrogen-bond donors (Lipinski definition) is 3. The Morgan fingerprint density at radius 3 is 2.74 bits per heavy atom. The molecule has 6 heteroatoms. The van der Waals surface area contributed by atoms with Gasteiger partial charge in [0.1, 0.15) is 0 Å². The monoisotopic (exact) mass is 401 g/mol. The van der Waals surface area contributed by atoms with E-state index in [1.54, 1.807) is 18.2 Å². The van der Waals surface area contributed by atoms with Crippen LogP contribution in [-0.4, -0.2) is 23.5 Å². The van der Waals surface area contributed by atoms with Crippen LogP contribution in [-0.2, 0) is 12.8 Å². The highest BCUT2D eigenvalue weighted by Gasteiger charge is 2.22. The molecule has 0 bridgehead atoms. The maximum atomic E-state index is 12.7. The minimum atomic E-state index is -0.306. The number of benzene rings is 2. The number of halogens is 2. The highest BCUT2D eigenvalue weighted by atomic mass is 35.5. The molecule has 0 saturated heterocycles. The molecule has 0 fully saturated rings. The number of carbonyl (C=O) groups is 1. The number of anilines is 1. The maximum absolute atomic E-state index is 12.7. The molecule has 1 unspecified atom stereocenters. The van der Waals surface area contributed by atoms with Gasteiger partial charge in [0.25, 0.3) is 5.91 Å². The molecule has 1 amide bonds. The van der Waals surface area contributed by atoms with Gasteiger partial charge in [-0.15, -0.1) is 0 Å². The fourth-order valence-corrected chi connectivity index (χ4v) is 4.44. The third-order valence-corrected chi connectivity index (χ3v) is 5.76. The number of hydrogen-bond acceptors (Lipinski definition) is 2. The van der Waals surface area contributed by atoms with Crippen LogP contribution in [0.1, 0.15) is 35.0 Å². The molecule has 2 aromatic carbocycles. The highest BCUT2D eigenvalue weighted by Crippen LogP contribution is 2.32. The van der Waals surface area contributed by atoms with Gasteiger partial charge in [0, 0.05) is 28.3 Å². The van der Waals surface area contributed by atoms with Crippen molar-refractivity contribution in [2.45, 2.75) is 32.2 Å². The van der Waals surface area contributed by atoms with Gasteiger partial charge in [-0.2, -0.15) is 0 Å². The average molecular weight is 402 g/mol. The first-order valence-electron chi connectivity index (χ1n) is 9.19. The van der Waals surface area contributed by atoms with Crippen LogP contribution in [0.5, 0.6) is 0 Å². The van der Waals surface area contributed by atoms with Gasteiger partial charge in [0.2, 0.25) is 0 Å². The number of rotatable bonds is 4. The number of fused-ring (bicyclic) bond motifs is 3. The molecular formula is C21H21Cl2N3O. The Balaban J connectivity index is 1.64. The molecule has 1 atom stereocenters. The summed E-state index contributed by atoms with van der Waals surface area (Å²) in [6, 6.07) is 11.5. The first-order valence-corrected chi connectivity index (χ1v) is 9.94. The van der Waals surface area contributed by atoms with Crippen LogP contribution in [0.25, 0.3) is 10.9 Å². The second-order valence-corrected chi connectivity index (χ2v) is 7.71. The van der Waals surface area contributed by atoms with E-state index in [1.165, 1.54) is 11.3 Å². The van der Waals surface area contributed by atoms with Crippen LogP contribution in [0.4, 0.5) is 5.69 Å². The SMILES string of the molecule is CCNC1CCc2[nH]c3ccc(NC(=O)c4c(Cl)cccc4Cl)cc3c2C1. The number of H-pyrrole nitrogens is 1. The molecule has 1 aliphatic carbocycles. The average Bonchev–Trinajstić information content (AvgIpc) is 2.99. The van der Waals surface area contributed by atoms with Gasteiger partial charge in [0.05, 0.1) is 15.6 Å². The van der Waals surface area contributed by atoms with E-state index in [0.717, 1.165) is 42.4 Å². The van der Waals surface area contributed by atoms with Crippen molar-refractivity contribution >= 4 is 45.7 Å². The molecular weight excluding hydrogens is 381 g/mol. The van der Waals surface area contributed by atoms with Crippen molar-refractivity contribution in [1.29, 1.82) is 0 Å². The minimum Gasteiger partial charge on any atom is -0.358 e. The number of carbonyl (C=O) groups excluding carboxylic acids is 1. The number of aryl methyl sites for hydroxylation is 1. The van der Waals surface area contributed by atoms with Gasteiger partial charge in [0.15, 0.2) is 0 Å². The summed E-state index contributed by atoms with van der Waals surface area (Å²) in [6.07, 6.45) is 3.18. The molecule has 3 aromatic rings. The lowest BCUT2D eigenvalue weighted by Crippen LogP contribution is -2.34. The Bertz CT molecular complexity index is 992. The summed E-state index contributed by atoms with van der Waals surface area (Å²) < 4.78 is 0. The zero-order valence-corrected chi connectivity index (χ0v) is 16.5. The highest BCUT2D eigenvalue weighted by molar-refractivity contribution is 6.40. The Hall–Kier alpha value is -2.01. The molecule has 3 N–H and O–H groups in total. The van der Waals surface area contributed by atoms with Crippen molar-refractivity contribution in [3.8, 4) is 0 Å². The van der Waals surface area contributed by atoms with Crippen molar-refractivity contribution in [1.82, 2.24) is 10.3 Å². The number of likely N-dealkylation sites (N-methyl/N-ethyl adjacent to an activating group) is 1. The first kappa shape index (κ1) is 18.4. The molecule has 0 radical (unpaired) electrons. The summed E-state index contributed by atoms with van der Waals surface area (Å²) in [7, 11) is 0. The third kappa shape index (κ3) is 3.57. The normalized spacial score (nSPS) is 16.3. The molecule has 1 heterocycles. The van der Waals surface area contributed by atoms with Crippen molar-refractivity contribution < 1.29 is 4.79 Å². The van der Waals surface area contributed by atoms with E-state index in [9.17, 15) is 4.79 Å². The lowest BCUT2D eigenvalue weighted by Gasteiger charge is -2.23. The predicted molar refractivity (Wildman–Crippen MR) is 112 cm³/mol. The second-order valence-electron chi connectivity index (χ2n) is 6.89. The molecule has 140 valence electrons. The van der Waals surface area contributed by atoms with E-state index >= 15 is 0 Å². The molecule has 27 heavy (non-hydrogen) atoms. The summed E-state index contributed by atoms with van der Waals surface area (Å²) in [6.45, 7) is 3.11. The van der Waals surface area contributed by atoms with Gasteiger partial charge < -0.3 is 15.6 Å². The van der Waals surface area contributed by atoms with Gasteiger partial charge in [-0.3, -0.25) is 4.79 Å². The van der Waals surface area contributed by atoms with Gasteiger partial charge in [-0.1, -0.05) is 36.2 Å². The lowest BCUT2D eigenvalue weighted by atomic mass is 9.91. The maximum Gasteiger partial charge on any atom is 0.258 e. The van der Waals surface area contributed by atoms with Crippen molar-refractivity contribution in [2.24, 2.45) is 0 Å². The van der Waals surface area contributed by atoms with Crippen LogP contribution in [0, 0.1) is 0 Å². The molecule has 4 rings (SSSR count). The molecule has 0 spiro atoms. The van der Waals surface area contributed by atoms with E-state index in [0.29, 0.717) is 21.7 Å². The number of nitrogens with one attached hydrogen (secondary N) is 3. The standard InChI is InChI=1S/C21H21Cl2N3O/c1-2-24-12-6-8-18-14(10-12)15-11-13(7-9-19(15)26-18)25-21(27)20-16(22)4-3-5-17(20)23/h3-5,7,9,11-12,24,26H,2,6,8,10H2,1H3,(H,25,27). The summed E-state index contributed by atoms with van der Waals surface area (Å²) in [5.41, 5.74) is 4.77. The second kappa shape index (κ2) is 7.55. The molecule has 0 saturated carbocycles. The van der Waals surface area contributed by atoms with E-state index in [2.05, 4.69) is 22.5 Å². The van der Waals surface area contributed by atoms with Gasteiger partial charge >= 0.3 is 0 Å². The molecule has 1 aromatic heterocycles. The Labute approximate surface area is 168 Å². The fraction of sp³-hybridized carbons (Fsp3) is 0.286. The summed E-state index contributed by atoms with van der Waals surface area (Å²) >= 11 is 12.3. The Morgan fingerprint density at radius 2 is 2.00 bits per heavy atom.